The number of nitrogens with zero attached hydrogens (tertiary/aromatic N) is 2. The van der Waals surface area contributed by atoms with Crippen molar-refractivity contribution < 1.29 is 19.4 Å². The summed E-state index contributed by atoms with van der Waals surface area (Å²) in [5.41, 5.74) is 0.509. The van der Waals surface area contributed by atoms with Crippen molar-refractivity contribution >= 4 is 11.9 Å². The van der Waals surface area contributed by atoms with Crippen molar-refractivity contribution in [3.05, 3.63) is 35.9 Å². The number of carbonyl (C=O) groups is 2. The molecule has 6 nitrogen and oxygen atoms in total. The third-order valence-electron chi connectivity index (χ3n) is 5.00. The number of hydrogen-bond donors (Lipinski definition) is 1. The third kappa shape index (κ3) is 3.16. The number of rotatable bonds is 4. The Labute approximate surface area is 142 Å². The van der Waals surface area contributed by atoms with E-state index in [1.165, 1.54) is 10.5 Å². The first-order valence-corrected chi connectivity index (χ1v) is 8.51. The molecule has 1 N–H and O–H groups in total. The van der Waals surface area contributed by atoms with Gasteiger partial charge in [-0.25, -0.2) is 4.79 Å². The first-order chi connectivity index (χ1) is 11.6. The van der Waals surface area contributed by atoms with E-state index in [9.17, 15) is 14.7 Å². The van der Waals surface area contributed by atoms with Crippen LogP contribution in [-0.2, 0) is 20.9 Å². The van der Waals surface area contributed by atoms with E-state index >= 15 is 0 Å². The van der Waals surface area contributed by atoms with Gasteiger partial charge < -0.3 is 9.84 Å². The second-order valence-corrected chi connectivity index (χ2v) is 6.49. The quantitative estimate of drug-likeness (QED) is 0.909. The summed E-state index contributed by atoms with van der Waals surface area (Å²) in [5, 5.41) is 9.40. The van der Waals surface area contributed by atoms with Crippen LogP contribution in [0.1, 0.15) is 31.7 Å². The first kappa shape index (κ1) is 16.9. The Kier molecular flexibility index (Phi) is 4.87. The molecule has 3 rings (SSSR count). The van der Waals surface area contributed by atoms with Crippen LogP contribution in [0.3, 0.4) is 0 Å². The van der Waals surface area contributed by atoms with Crippen molar-refractivity contribution in [2.75, 3.05) is 19.7 Å². The topological polar surface area (TPSA) is 70.1 Å². The van der Waals surface area contributed by atoms with Crippen molar-refractivity contribution in [3.8, 4) is 0 Å². The summed E-state index contributed by atoms with van der Waals surface area (Å²) in [5.74, 6) is -1.13. The summed E-state index contributed by atoms with van der Waals surface area (Å²) < 4.78 is 5.89. The standard InChI is InChI=1S/C18H24N2O4/c1-2-16(21)20-15(17(22)23)13-24-18(20)8-10-19(11-9-18)12-14-6-4-3-5-7-14/h3-7,15H,2,8-13H2,1H3,(H,22,23)/t15-/m0/s1. The van der Waals surface area contributed by atoms with Crippen LogP contribution in [0, 0.1) is 0 Å². The van der Waals surface area contributed by atoms with E-state index in [1.807, 2.05) is 18.2 Å². The van der Waals surface area contributed by atoms with Crippen molar-refractivity contribution in [1.29, 1.82) is 0 Å². The van der Waals surface area contributed by atoms with E-state index in [0.717, 1.165) is 19.6 Å². The number of amides is 1. The van der Waals surface area contributed by atoms with Gasteiger partial charge in [-0.1, -0.05) is 37.3 Å². The molecule has 2 saturated heterocycles. The van der Waals surface area contributed by atoms with Gasteiger partial charge in [0, 0.05) is 38.9 Å². The second kappa shape index (κ2) is 6.91. The number of benzene rings is 1. The molecule has 24 heavy (non-hydrogen) atoms. The van der Waals surface area contributed by atoms with Crippen LogP contribution in [0.4, 0.5) is 0 Å². The maximum atomic E-state index is 12.3. The molecule has 0 unspecified atom stereocenters. The van der Waals surface area contributed by atoms with Crippen LogP contribution < -0.4 is 0 Å². The van der Waals surface area contributed by atoms with Gasteiger partial charge in [0.15, 0.2) is 6.04 Å². The monoisotopic (exact) mass is 332 g/mol. The van der Waals surface area contributed by atoms with E-state index in [2.05, 4.69) is 17.0 Å². The smallest absolute Gasteiger partial charge is 0.328 e. The van der Waals surface area contributed by atoms with Crippen LogP contribution in [0.25, 0.3) is 0 Å². The van der Waals surface area contributed by atoms with Crippen LogP contribution in [0.5, 0.6) is 0 Å². The van der Waals surface area contributed by atoms with Crippen LogP contribution in [0.2, 0.25) is 0 Å². The van der Waals surface area contributed by atoms with Crippen molar-refractivity contribution in [3.63, 3.8) is 0 Å². The minimum Gasteiger partial charge on any atom is -0.480 e. The van der Waals surface area contributed by atoms with Crippen LogP contribution in [0.15, 0.2) is 30.3 Å². The normalized spacial score (nSPS) is 23.5. The Morgan fingerprint density at radius 1 is 1.25 bits per heavy atom. The molecule has 0 saturated carbocycles. The van der Waals surface area contributed by atoms with Gasteiger partial charge in [-0.3, -0.25) is 14.6 Å². The fourth-order valence-electron chi connectivity index (χ4n) is 3.70. The molecule has 1 amide bonds. The average Bonchev–Trinajstić information content (AvgIpc) is 2.97. The van der Waals surface area contributed by atoms with Crippen LogP contribution in [-0.4, -0.2) is 58.2 Å². The Morgan fingerprint density at radius 3 is 2.50 bits per heavy atom. The molecule has 2 aliphatic heterocycles. The predicted octanol–water partition coefficient (Wildman–Crippen LogP) is 1.70. The van der Waals surface area contributed by atoms with Crippen LogP contribution >= 0.6 is 0 Å². The van der Waals surface area contributed by atoms with E-state index in [4.69, 9.17) is 4.74 Å². The number of likely N-dealkylation sites (tertiary alicyclic amines) is 1. The number of hydrogen-bond acceptors (Lipinski definition) is 4. The molecule has 6 heteroatoms. The number of ether oxygens (including phenoxy) is 1. The molecule has 2 fully saturated rings. The van der Waals surface area contributed by atoms with Gasteiger partial charge in [0.25, 0.3) is 0 Å². The highest BCUT2D eigenvalue weighted by molar-refractivity contribution is 5.84. The summed E-state index contributed by atoms with van der Waals surface area (Å²) in [6, 6.07) is 9.40. The highest BCUT2D eigenvalue weighted by Gasteiger charge is 2.53. The second-order valence-electron chi connectivity index (χ2n) is 6.49. The fraction of sp³-hybridized carbons (Fsp3) is 0.556. The predicted molar refractivity (Wildman–Crippen MR) is 88.2 cm³/mol. The first-order valence-electron chi connectivity index (χ1n) is 8.51. The molecule has 0 bridgehead atoms. The van der Waals surface area contributed by atoms with Gasteiger partial charge in [-0.2, -0.15) is 0 Å². The van der Waals surface area contributed by atoms with Gasteiger partial charge in [0.2, 0.25) is 5.91 Å². The third-order valence-corrected chi connectivity index (χ3v) is 5.00. The molecule has 130 valence electrons. The minimum absolute atomic E-state index is 0.0831. The SMILES string of the molecule is CCC(=O)N1[C@H](C(=O)O)COC12CCN(Cc1ccccc1)CC2. The van der Waals surface area contributed by atoms with Gasteiger partial charge >= 0.3 is 5.97 Å². The number of carboxylic acid groups (broad SMARTS) is 1. The zero-order valence-electron chi connectivity index (χ0n) is 14.0. The Balaban J connectivity index is 1.69. The largest absolute Gasteiger partial charge is 0.480 e. The summed E-state index contributed by atoms with van der Waals surface area (Å²) in [4.78, 5) is 27.6. The van der Waals surface area contributed by atoms with E-state index in [1.54, 1.807) is 6.92 Å². The molecular weight excluding hydrogens is 308 g/mol. The van der Waals surface area contributed by atoms with Gasteiger partial charge in [0.05, 0.1) is 6.61 Å². The lowest BCUT2D eigenvalue weighted by Gasteiger charge is -2.44. The maximum absolute atomic E-state index is 12.3. The maximum Gasteiger partial charge on any atom is 0.328 e. The lowest BCUT2D eigenvalue weighted by Crippen LogP contribution is -2.57. The lowest BCUT2D eigenvalue weighted by molar-refractivity contribution is -0.166. The summed E-state index contributed by atoms with van der Waals surface area (Å²) >= 11 is 0. The summed E-state index contributed by atoms with van der Waals surface area (Å²) in [7, 11) is 0. The molecular formula is C18H24N2O4. The zero-order valence-corrected chi connectivity index (χ0v) is 14.0. The zero-order chi connectivity index (χ0) is 17.2. The molecule has 0 radical (unpaired) electrons. The number of carboxylic acids is 1. The molecule has 2 aliphatic rings. The highest BCUT2D eigenvalue weighted by atomic mass is 16.5. The number of carbonyl (C=O) groups excluding carboxylic acids is 1. The highest BCUT2D eigenvalue weighted by Crippen LogP contribution is 2.38. The molecule has 1 aromatic rings. The molecule has 2 heterocycles. The fourth-order valence-corrected chi connectivity index (χ4v) is 3.70. The van der Waals surface area contributed by atoms with Gasteiger partial charge in [0.1, 0.15) is 5.72 Å². The van der Waals surface area contributed by atoms with E-state index in [-0.39, 0.29) is 12.5 Å². The Morgan fingerprint density at radius 2 is 1.92 bits per heavy atom. The van der Waals surface area contributed by atoms with E-state index in [0.29, 0.717) is 19.3 Å². The van der Waals surface area contributed by atoms with Crippen molar-refractivity contribution in [2.24, 2.45) is 0 Å². The molecule has 0 aromatic heterocycles. The van der Waals surface area contributed by atoms with Crippen molar-refractivity contribution in [1.82, 2.24) is 9.80 Å². The summed E-state index contributed by atoms with van der Waals surface area (Å²) in [6.45, 7) is 4.28. The van der Waals surface area contributed by atoms with Gasteiger partial charge in [-0.05, 0) is 5.56 Å². The lowest BCUT2D eigenvalue weighted by atomic mass is 9.97. The Hall–Kier alpha value is -1.92. The minimum atomic E-state index is -0.986. The summed E-state index contributed by atoms with van der Waals surface area (Å²) in [6.07, 6.45) is 1.59. The number of piperidine rings is 1. The van der Waals surface area contributed by atoms with Crippen molar-refractivity contribution in [2.45, 2.75) is 44.5 Å². The molecule has 1 atom stereocenters. The number of aliphatic carboxylic acids is 1. The average molecular weight is 332 g/mol. The van der Waals surface area contributed by atoms with E-state index < -0.39 is 17.7 Å². The molecule has 1 spiro atoms. The van der Waals surface area contributed by atoms with Gasteiger partial charge in [-0.15, -0.1) is 0 Å². The Bertz CT molecular complexity index is 596. The molecule has 1 aromatic carbocycles. The molecule has 0 aliphatic carbocycles.